The second kappa shape index (κ2) is 10.2. The molecule has 0 saturated carbocycles. The number of phenols is 4. The molecular formula is C27H24O11. The average Bonchev–Trinajstić information content (AvgIpc) is 2.90. The van der Waals surface area contributed by atoms with Crippen LogP contribution in [-0.4, -0.2) is 50.8 Å². The molecule has 11 nitrogen and oxygen atoms in total. The number of carbonyl (C=O) groups is 1. The minimum absolute atomic E-state index is 0.00196. The molecule has 11 heteroatoms. The maximum absolute atomic E-state index is 13.2. The van der Waals surface area contributed by atoms with E-state index in [4.69, 9.17) is 13.9 Å². The summed E-state index contributed by atoms with van der Waals surface area (Å²) in [7, 11) is 2.60. The molecule has 198 valence electrons. The normalized spacial score (nSPS) is 11.9. The van der Waals surface area contributed by atoms with Crippen LogP contribution in [0, 0.1) is 0 Å². The summed E-state index contributed by atoms with van der Waals surface area (Å²) < 4.78 is 16.0. The molecule has 1 unspecified atom stereocenters. The van der Waals surface area contributed by atoms with Crippen LogP contribution >= 0.6 is 0 Å². The largest absolute Gasteiger partial charge is 0.507 e. The summed E-state index contributed by atoms with van der Waals surface area (Å²) in [5.41, 5.74) is -0.692. The minimum Gasteiger partial charge on any atom is -0.507 e. The number of hydrogen-bond acceptors (Lipinski definition) is 11. The lowest BCUT2D eigenvalue weighted by Crippen LogP contribution is -2.13. The van der Waals surface area contributed by atoms with E-state index in [2.05, 4.69) is 0 Å². The molecule has 0 spiro atoms. The zero-order valence-electron chi connectivity index (χ0n) is 20.3. The SMILES string of the molecule is COC(=O)CC(c1ccc(OC)c(CO)c1)c1c(O)cc(O)c2c(=O)c(O)c(-c3ccc(O)c(O)c3)oc12. The first-order valence-electron chi connectivity index (χ1n) is 11.2. The average molecular weight is 524 g/mol. The Balaban J connectivity index is 2.08. The maximum Gasteiger partial charge on any atom is 0.306 e. The standard InChI is InChI=1S/C27H24O11/c1-36-20-6-4-12(7-14(20)11-28)15(9-21(33)37-2)22-18(31)10-19(32)23-24(34)25(35)26(38-27(22)23)13-3-5-16(29)17(30)8-13/h3-8,10,15,28-32,35H,9,11H2,1-2H3. The molecule has 1 aromatic heterocycles. The summed E-state index contributed by atoms with van der Waals surface area (Å²) in [4.78, 5) is 25.6. The highest BCUT2D eigenvalue weighted by Gasteiger charge is 2.30. The molecule has 0 aliphatic heterocycles. The fourth-order valence-electron chi connectivity index (χ4n) is 4.32. The van der Waals surface area contributed by atoms with Crippen molar-refractivity contribution in [2.45, 2.75) is 18.9 Å². The van der Waals surface area contributed by atoms with E-state index in [0.717, 1.165) is 18.2 Å². The van der Waals surface area contributed by atoms with Gasteiger partial charge >= 0.3 is 5.97 Å². The number of methoxy groups -OCH3 is 2. The van der Waals surface area contributed by atoms with Crippen molar-refractivity contribution in [2.75, 3.05) is 14.2 Å². The van der Waals surface area contributed by atoms with Crippen LogP contribution in [0.4, 0.5) is 0 Å². The van der Waals surface area contributed by atoms with Gasteiger partial charge in [-0.1, -0.05) is 6.07 Å². The zero-order chi connectivity index (χ0) is 27.7. The summed E-state index contributed by atoms with van der Waals surface area (Å²) in [6.45, 7) is -0.401. The number of fused-ring (bicyclic) bond motifs is 1. The topological polar surface area (TPSA) is 187 Å². The highest BCUT2D eigenvalue weighted by Crippen LogP contribution is 2.45. The molecule has 4 rings (SSSR count). The molecule has 1 atom stereocenters. The lowest BCUT2D eigenvalue weighted by atomic mass is 9.85. The Morgan fingerprint density at radius 1 is 0.921 bits per heavy atom. The van der Waals surface area contributed by atoms with Gasteiger partial charge in [-0.2, -0.15) is 0 Å². The summed E-state index contributed by atoms with van der Waals surface area (Å²) in [5, 5.41) is 61.0. The van der Waals surface area contributed by atoms with E-state index < -0.39 is 63.8 Å². The molecule has 0 radical (unpaired) electrons. The number of esters is 1. The number of hydrogen-bond donors (Lipinski definition) is 6. The summed E-state index contributed by atoms with van der Waals surface area (Å²) in [5.74, 6) is -4.87. The van der Waals surface area contributed by atoms with E-state index in [-0.39, 0.29) is 23.1 Å². The van der Waals surface area contributed by atoms with Gasteiger partial charge in [-0.15, -0.1) is 0 Å². The molecule has 6 N–H and O–H groups in total. The van der Waals surface area contributed by atoms with E-state index in [1.807, 2.05) is 0 Å². The Labute approximate surface area is 215 Å². The van der Waals surface area contributed by atoms with Crippen molar-refractivity contribution in [3.63, 3.8) is 0 Å². The number of aliphatic hydroxyl groups is 1. The van der Waals surface area contributed by atoms with Crippen molar-refractivity contribution in [2.24, 2.45) is 0 Å². The Morgan fingerprint density at radius 2 is 1.66 bits per heavy atom. The van der Waals surface area contributed by atoms with Gasteiger partial charge in [-0.3, -0.25) is 9.59 Å². The van der Waals surface area contributed by atoms with Gasteiger partial charge < -0.3 is 44.5 Å². The lowest BCUT2D eigenvalue weighted by Gasteiger charge is -2.21. The number of ether oxygens (including phenoxy) is 2. The molecule has 38 heavy (non-hydrogen) atoms. The molecule has 0 fully saturated rings. The molecule has 0 bridgehead atoms. The van der Waals surface area contributed by atoms with Gasteiger partial charge in [0.2, 0.25) is 11.2 Å². The first kappa shape index (κ1) is 26.2. The number of carbonyl (C=O) groups excluding carboxylic acids is 1. The van der Waals surface area contributed by atoms with Crippen LogP contribution in [0.2, 0.25) is 0 Å². The monoisotopic (exact) mass is 524 g/mol. The molecule has 0 aliphatic carbocycles. The molecule has 0 amide bonds. The highest BCUT2D eigenvalue weighted by atomic mass is 16.5. The Hall–Kier alpha value is -4.90. The molecule has 3 aromatic carbocycles. The van der Waals surface area contributed by atoms with Crippen molar-refractivity contribution in [3.05, 3.63) is 69.4 Å². The van der Waals surface area contributed by atoms with Gasteiger partial charge in [-0.25, -0.2) is 0 Å². The van der Waals surface area contributed by atoms with Crippen molar-refractivity contribution < 1.29 is 49.3 Å². The predicted octanol–water partition coefficient (Wildman–Crippen LogP) is 3.18. The lowest BCUT2D eigenvalue weighted by molar-refractivity contribution is -0.140. The van der Waals surface area contributed by atoms with Crippen molar-refractivity contribution in [1.29, 1.82) is 0 Å². The fraction of sp³-hybridized carbons (Fsp3) is 0.185. The van der Waals surface area contributed by atoms with E-state index in [1.165, 1.54) is 20.3 Å². The zero-order valence-corrected chi connectivity index (χ0v) is 20.3. The van der Waals surface area contributed by atoms with Gasteiger partial charge in [0.15, 0.2) is 17.3 Å². The number of rotatable bonds is 7. The van der Waals surface area contributed by atoms with Gasteiger partial charge in [0.25, 0.3) is 0 Å². The molecule has 0 aliphatic rings. The Bertz CT molecular complexity index is 1600. The van der Waals surface area contributed by atoms with E-state index >= 15 is 0 Å². The third-order valence-corrected chi connectivity index (χ3v) is 6.20. The Kier molecular flexibility index (Phi) is 7.04. The van der Waals surface area contributed by atoms with Crippen LogP contribution in [0.15, 0.2) is 51.7 Å². The third-order valence-electron chi connectivity index (χ3n) is 6.20. The Morgan fingerprint density at radius 3 is 2.29 bits per heavy atom. The summed E-state index contributed by atoms with van der Waals surface area (Å²) in [6.07, 6.45) is -0.346. The first-order valence-corrected chi connectivity index (χ1v) is 11.2. The molecule has 1 heterocycles. The van der Waals surface area contributed by atoms with Gasteiger partial charge in [0, 0.05) is 28.7 Å². The van der Waals surface area contributed by atoms with E-state index in [0.29, 0.717) is 16.9 Å². The van der Waals surface area contributed by atoms with E-state index in [1.54, 1.807) is 18.2 Å². The van der Waals surface area contributed by atoms with E-state index in [9.17, 15) is 40.2 Å². The van der Waals surface area contributed by atoms with Crippen LogP contribution in [0.25, 0.3) is 22.3 Å². The van der Waals surface area contributed by atoms with Crippen LogP contribution in [0.1, 0.15) is 29.0 Å². The molecule has 0 saturated heterocycles. The number of aliphatic hydroxyl groups excluding tert-OH is 1. The van der Waals surface area contributed by atoms with Crippen LogP contribution < -0.4 is 10.2 Å². The van der Waals surface area contributed by atoms with Crippen LogP contribution in [0.3, 0.4) is 0 Å². The fourth-order valence-corrected chi connectivity index (χ4v) is 4.32. The maximum atomic E-state index is 13.2. The van der Waals surface area contributed by atoms with Crippen molar-refractivity contribution in [1.82, 2.24) is 0 Å². The smallest absolute Gasteiger partial charge is 0.306 e. The highest BCUT2D eigenvalue weighted by molar-refractivity contribution is 5.92. The quantitative estimate of drug-likeness (QED) is 0.154. The van der Waals surface area contributed by atoms with Crippen LogP contribution in [-0.2, 0) is 16.1 Å². The third kappa shape index (κ3) is 4.50. The number of benzene rings is 3. The second-order valence-corrected chi connectivity index (χ2v) is 8.41. The predicted molar refractivity (Wildman–Crippen MR) is 134 cm³/mol. The molecule has 4 aromatic rings. The summed E-state index contributed by atoms with van der Waals surface area (Å²) >= 11 is 0. The van der Waals surface area contributed by atoms with Crippen molar-refractivity contribution >= 4 is 16.9 Å². The van der Waals surface area contributed by atoms with Gasteiger partial charge in [0.1, 0.15) is 28.2 Å². The van der Waals surface area contributed by atoms with Gasteiger partial charge in [0.05, 0.1) is 27.2 Å². The second-order valence-electron chi connectivity index (χ2n) is 8.41. The van der Waals surface area contributed by atoms with Crippen LogP contribution in [0.5, 0.6) is 34.5 Å². The molecular weight excluding hydrogens is 500 g/mol. The first-order chi connectivity index (χ1) is 18.1. The number of aromatic hydroxyl groups is 5. The van der Waals surface area contributed by atoms with Gasteiger partial charge in [-0.05, 0) is 35.9 Å². The minimum atomic E-state index is -1.05. The number of phenolic OH excluding ortho intramolecular Hbond substituents is 4. The summed E-state index contributed by atoms with van der Waals surface area (Å²) in [6, 6.07) is 9.00. The van der Waals surface area contributed by atoms with Crippen molar-refractivity contribution in [3.8, 4) is 45.8 Å².